The van der Waals surface area contributed by atoms with Crippen LogP contribution >= 0.6 is 22.6 Å². The first kappa shape index (κ1) is 12.6. The third-order valence-electron chi connectivity index (χ3n) is 2.50. The van der Waals surface area contributed by atoms with Gasteiger partial charge >= 0.3 is 0 Å². The van der Waals surface area contributed by atoms with Gasteiger partial charge in [0.1, 0.15) is 0 Å². The SMILES string of the molecule is CCNc1cc(COC)nc2c(I)cccc12. The van der Waals surface area contributed by atoms with E-state index in [1.54, 1.807) is 7.11 Å². The maximum Gasteiger partial charge on any atom is 0.0885 e. The molecule has 0 fully saturated rings. The van der Waals surface area contributed by atoms with Crippen molar-refractivity contribution in [1.82, 2.24) is 4.98 Å². The third-order valence-corrected chi connectivity index (χ3v) is 3.37. The van der Waals surface area contributed by atoms with Crippen LogP contribution in [-0.2, 0) is 11.3 Å². The van der Waals surface area contributed by atoms with Crippen LogP contribution in [-0.4, -0.2) is 18.6 Å². The molecule has 90 valence electrons. The number of rotatable bonds is 4. The van der Waals surface area contributed by atoms with E-state index in [1.807, 2.05) is 0 Å². The van der Waals surface area contributed by atoms with Crippen molar-refractivity contribution in [3.05, 3.63) is 33.5 Å². The van der Waals surface area contributed by atoms with Gasteiger partial charge < -0.3 is 10.1 Å². The number of ether oxygens (including phenoxy) is 1. The zero-order valence-electron chi connectivity index (χ0n) is 9.96. The summed E-state index contributed by atoms with van der Waals surface area (Å²) in [6.45, 7) is 3.53. The van der Waals surface area contributed by atoms with E-state index in [0.29, 0.717) is 6.61 Å². The van der Waals surface area contributed by atoms with Crippen LogP contribution in [0.25, 0.3) is 10.9 Å². The second kappa shape index (κ2) is 5.64. The van der Waals surface area contributed by atoms with E-state index in [0.717, 1.165) is 27.0 Å². The number of nitrogens with one attached hydrogen (secondary N) is 1. The number of aromatic nitrogens is 1. The van der Waals surface area contributed by atoms with Crippen molar-refractivity contribution < 1.29 is 4.74 Å². The fourth-order valence-corrected chi connectivity index (χ4v) is 2.44. The minimum atomic E-state index is 0.541. The Hall–Kier alpha value is -0.880. The zero-order valence-corrected chi connectivity index (χ0v) is 12.1. The number of halogens is 1. The molecule has 0 unspecified atom stereocenters. The highest BCUT2D eigenvalue weighted by Gasteiger charge is 2.07. The van der Waals surface area contributed by atoms with E-state index < -0.39 is 0 Å². The number of anilines is 1. The average molecular weight is 342 g/mol. The van der Waals surface area contributed by atoms with Gasteiger partial charge in [-0.05, 0) is 41.6 Å². The Balaban J connectivity index is 2.63. The van der Waals surface area contributed by atoms with Gasteiger partial charge in [-0.15, -0.1) is 0 Å². The molecule has 2 aromatic rings. The molecule has 0 aliphatic rings. The van der Waals surface area contributed by atoms with Crippen molar-refractivity contribution in [2.45, 2.75) is 13.5 Å². The van der Waals surface area contributed by atoms with Gasteiger partial charge in [-0.25, -0.2) is 4.98 Å². The molecule has 0 atom stereocenters. The second-order valence-corrected chi connectivity index (χ2v) is 4.92. The molecule has 0 amide bonds. The van der Waals surface area contributed by atoms with E-state index >= 15 is 0 Å². The summed E-state index contributed by atoms with van der Waals surface area (Å²) in [6, 6.07) is 8.29. The summed E-state index contributed by atoms with van der Waals surface area (Å²) < 4.78 is 6.32. The van der Waals surface area contributed by atoms with Crippen LogP contribution in [0.4, 0.5) is 5.69 Å². The molecule has 1 aromatic carbocycles. The Morgan fingerprint density at radius 2 is 2.24 bits per heavy atom. The molecule has 4 heteroatoms. The van der Waals surface area contributed by atoms with Crippen molar-refractivity contribution >= 4 is 39.2 Å². The van der Waals surface area contributed by atoms with Gasteiger partial charge in [-0.3, -0.25) is 0 Å². The minimum absolute atomic E-state index is 0.541. The Morgan fingerprint density at radius 1 is 1.41 bits per heavy atom. The molecule has 1 heterocycles. The first-order chi connectivity index (χ1) is 8.26. The van der Waals surface area contributed by atoms with Crippen molar-refractivity contribution in [2.24, 2.45) is 0 Å². The van der Waals surface area contributed by atoms with Crippen LogP contribution in [0.5, 0.6) is 0 Å². The minimum Gasteiger partial charge on any atom is -0.385 e. The van der Waals surface area contributed by atoms with Crippen LogP contribution in [0.15, 0.2) is 24.3 Å². The van der Waals surface area contributed by atoms with Crippen molar-refractivity contribution in [1.29, 1.82) is 0 Å². The van der Waals surface area contributed by atoms with Crippen LogP contribution in [0.1, 0.15) is 12.6 Å². The Bertz CT molecular complexity index is 528. The molecule has 0 saturated carbocycles. The van der Waals surface area contributed by atoms with Crippen LogP contribution in [0.3, 0.4) is 0 Å². The molecule has 0 spiro atoms. The molecule has 3 nitrogen and oxygen atoms in total. The Morgan fingerprint density at radius 3 is 2.94 bits per heavy atom. The van der Waals surface area contributed by atoms with Gasteiger partial charge in [0.05, 0.1) is 17.8 Å². The molecule has 1 aromatic heterocycles. The predicted molar refractivity (Wildman–Crippen MR) is 79.3 cm³/mol. The monoisotopic (exact) mass is 342 g/mol. The highest BCUT2D eigenvalue weighted by molar-refractivity contribution is 14.1. The number of methoxy groups -OCH3 is 1. The molecule has 0 saturated heterocycles. The molecule has 0 aliphatic carbocycles. The fraction of sp³-hybridized carbons (Fsp3) is 0.308. The summed E-state index contributed by atoms with van der Waals surface area (Å²) in [5, 5.41) is 4.54. The standard InChI is InChI=1S/C13H15IN2O/c1-3-15-12-7-9(8-17-2)16-13-10(12)5-4-6-11(13)14/h4-7H,3,8H2,1-2H3,(H,15,16). The summed E-state index contributed by atoms with van der Waals surface area (Å²) >= 11 is 2.32. The normalized spacial score (nSPS) is 10.8. The largest absolute Gasteiger partial charge is 0.385 e. The van der Waals surface area contributed by atoms with Gasteiger partial charge in [0.2, 0.25) is 0 Å². The first-order valence-corrected chi connectivity index (χ1v) is 6.65. The maximum atomic E-state index is 5.16. The molecular formula is C13H15IN2O. The van der Waals surface area contributed by atoms with Crippen LogP contribution in [0, 0.1) is 3.57 Å². The number of nitrogens with zero attached hydrogens (tertiary/aromatic N) is 1. The molecule has 0 bridgehead atoms. The van der Waals surface area contributed by atoms with Crippen LogP contribution < -0.4 is 5.32 Å². The summed E-state index contributed by atoms with van der Waals surface area (Å²) in [5.74, 6) is 0. The lowest BCUT2D eigenvalue weighted by molar-refractivity contribution is 0.182. The number of hydrogen-bond acceptors (Lipinski definition) is 3. The van der Waals surface area contributed by atoms with Crippen molar-refractivity contribution in [3.8, 4) is 0 Å². The molecule has 1 N–H and O–H groups in total. The van der Waals surface area contributed by atoms with Gasteiger partial charge in [0, 0.05) is 28.3 Å². The summed E-state index contributed by atoms with van der Waals surface area (Å²) in [5.41, 5.74) is 3.13. The average Bonchev–Trinajstić information content (AvgIpc) is 2.31. The lowest BCUT2D eigenvalue weighted by Crippen LogP contribution is -2.02. The highest BCUT2D eigenvalue weighted by Crippen LogP contribution is 2.26. The fourth-order valence-electron chi connectivity index (χ4n) is 1.83. The number of hydrogen-bond donors (Lipinski definition) is 1. The van der Waals surface area contributed by atoms with Crippen molar-refractivity contribution in [2.75, 3.05) is 19.0 Å². The van der Waals surface area contributed by atoms with E-state index in [9.17, 15) is 0 Å². The Kier molecular flexibility index (Phi) is 4.17. The molecule has 2 rings (SSSR count). The smallest absolute Gasteiger partial charge is 0.0885 e. The van der Waals surface area contributed by atoms with Gasteiger partial charge in [-0.2, -0.15) is 0 Å². The first-order valence-electron chi connectivity index (χ1n) is 5.57. The van der Waals surface area contributed by atoms with E-state index in [1.165, 1.54) is 5.39 Å². The predicted octanol–water partition coefficient (Wildman–Crippen LogP) is 3.42. The van der Waals surface area contributed by atoms with Gasteiger partial charge in [-0.1, -0.05) is 12.1 Å². The van der Waals surface area contributed by atoms with E-state index in [4.69, 9.17) is 4.74 Å². The topological polar surface area (TPSA) is 34.1 Å². The third kappa shape index (κ3) is 2.69. The number of para-hydroxylation sites is 1. The summed E-state index contributed by atoms with van der Waals surface area (Å²) in [7, 11) is 1.69. The van der Waals surface area contributed by atoms with E-state index in [-0.39, 0.29) is 0 Å². The van der Waals surface area contributed by atoms with E-state index in [2.05, 4.69) is 64.1 Å². The lowest BCUT2D eigenvalue weighted by Gasteiger charge is -2.11. The van der Waals surface area contributed by atoms with Crippen molar-refractivity contribution in [3.63, 3.8) is 0 Å². The molecule has 0 radical (unpaired) electrons. The van der Waals surface area contributed by atoms with Gasteiger partial charge in [0.25, 0.3) is 0 Å². The molecule has 17 heavy (non-hydrogen) atoms. The zero-order chi connectivity index (χ0) is 12.3. The Labute approximate surface area is 115 Å². The maximum absolute atomic E-state index is 5.16. The second-order valence-electron chi connectivity index (χ2n) is 3.76. The summed E-state index contributed by atoms with van der Waals surface area (Å²) in [6.07, 6.45) is 0. The lowest BCUT2D eigenvalue weighted by atomic mass is 10.1. The molecular weight excluding hydrogens is 327 g/mol. The van der Waals surface area contributed by atoms with Gasteiger partial charge in [0.15, 0.2) is 0 Å². The molecule has 0 aliphatic heterocycles. The summed E-state index contributed by atoms with van der Waals surface area (Å²) in [4.78, 5) is 4.63. The quantitative estimate of drug-likeness (QED) is 0.865. The highest BCUT2D eigenvalue weighted by atomic mass is 127. The number of fused-ring (bicyclic) bond motifs is 1. The number of pyridine rings is 1. The van der Waals surface area contributed by atoms with Crippen LogP contribution in [0.2, 0.25) is 0 Å². The number of benzene rings is 1.